The lowest BCUT2D eigenvalue weighted by atomic mass is 10.1. The average molecular weight is 241 g/mol. The van der Waals surface area contributed by atoms with E-state index in [1.54, 1.807) is 0 Å². The van der Waals surface area contributed by atoms with E-state index >= 15 is 0 Å². The lowest BCUT2D eigenvalue weighted by Gasteiger charge is -2.23. The van der Waals surface area contributed by atoms with E-state index in [1.165, 1.54) is 39.0 Å². The van der Waals surface area contributed by atoms with Crippen molar-refractivity contribution >= 4 is 0 Å². The van der Waals surface area contributed by atoms with E-state index in [9.17, 15) is 0 Å². The van der Waals surface area contributed by atoms with Gasteiger partial charge in [-0.2, -0.15) is 0 Å². The van der Waals surface area contributed by atoms with Gasteiger partial charge in [0.25, 0.3) is 0 Å². The topological polar surface area (TPSA) is 18.5 Å². The number of rotatable bonds is 6. The third-order valence-electron chi connectivity index (χ3n) is 3.43. The molecule has 3 nitrogen and oxygen atoms in total. The highest BCUT2D eigenvalue weighted by atomic mass is 15.1. The van der Waals surface area contributed by atoms with Crippen molar-refractivity contribution in [3.63, 3.8) is 0 Å². The first-order chi connectivity index (χ1) is 7.87. The SMILES string of the molecule is CN(CCCNC(C)(C)C)CC1CCN(C)C1. The Morgan fingerprint density at radius 2 is 2.06 bits per heavy atom. The fourth-order valence-electron chi connectivity index (χ4n) is 2.52. The standard InChI is InChI=1S/C14H31N3/c1-14(2,3)15-8-6-9-16(4)11-13-7-10-17(5)12-13/h13,15H,6-12H2,1-5H3. The minimum Gasteiger partial charge on any atom is -0.312 e. The maximum atomic E-state index is 3.54. The van der Waals surface area contributed by atoms with E-state index < -0.39 is 0 Å². The Kier molecular flexibility index (Phi) is 5.90. The van der Waals surface area contributed by atoms with E-state index in [0.717, 1.165) is 12.5 Å². The van der Waals surface area contributed by atoms with Gasteiger partial charge in [-0.25, -0.2) is 0 Å². The summed E-state index contributed by atoms with van der Waals surface area (Å²) in [6.07, 6.45) is 2.62. The Morgan fingerprint density at radius 1 is 1.35 bits per heavy atom. The smallest absolute Gasteiger partial charge is 0.00965 e. The van der Waals surface area contributed by atoms with Crippen LogP contribution in [0.2, 0.25) is 0 Å². The summed E-state index contributed by atoms with van der Waals surface area (Å²) in [5.74, 6) is 0.889. The van der Waals surface area contributed by atoms with Crippen molar-refractivity contribution in [2.45, 2.75) is 39.2 Å². The summed E-state index contributed by atoms with van der Waals surface area (Å²) in [6, 6.07) is 0. The molecule has 0 spiro atoms. The quantitative estimate of drug-likeness (QED) is 0.713. The fourth-order valence-corrected chi connectivity index (χ4v) is 2.52. The van der Waals surface area contributed by atoms with E-state index in [2.05, 4.69) is 50.0 Å². The van der Waals surface area contributed by atoms with Gasteiger partial charge in [-0.1, -0.05) is 0 Å². The van der Waals surface area contributed by atoms with Crippen LogP contribution in [0.1, 0.15) is 33.6 Å². The van der Waals surface area contributed by atoms with Crippen molar-refractivity contribution < 1.29 is 0 Å². The summed E-state index contributed by atoms with van der Waals surface area (Å²) in [5, 5.41) is 3.54. The Labute approximate surface area is 108 Å². The molecule has 0 aromatic heterocycles. The van der Waals surface area contributed by atoms with Gasteiger partial charge in [-0.3, -0.25) is 0 Å². The zero-order valence-corrected chi connectivity index (χ0v) is 12.4. The summed E-state index contributed by atoms with van der Waals surface area (Å²) >= 11 is 0. The predicted molar refractivity (Wildman–Crippen MR) is 75.5 cm³/mol. The highest BCUT2D eigenvalue weighted by Gasteiger charge is 2.20. The van der Waals surface area contributed by atoms with Gasteiger partial charge in [0.2, 0.25) is 0 Å². The molecule has 0 saturated carbocycles. The van der Waals surface area contributed by atoms with Crippen molar-refractivity contribution in [2.75, 3.05) is 46.8 Å². The van der Waals surface area contributed by atoms with Crippen LogP contribution < -0.4 is 5.32 Å². The Balaban J connectivity index is 2.03. The molecule has 1 fully saturated rings. The van der Waals surface area contributed by atoms with Crippen LogP contribution in [0.3, 0.4) is 0 Å². The molecule has 0 aromatic carbocycles. The van der Waals surface area contributed by atoms with Crippen LogP contribution >= 0.6 is 0 Å². The van der Waals surface area contributed by atoms with Crippen LogP contribution in [0.15, 0.2) is 0 Å². The molecule has 0 aromatic rings. The average Bonchev–Trinajstić information content (AvgIpc) is 2.57. The summed E-state index contributed by atoms with van der Waals surface area (Å²) in [5.41, 5.74) is 0.257. The molecule has 1 N–H and O–H groups in total. The van der Waals surface area contributed by atoms with Gasteiger partial charge in [-0.05, 0) is 73.3 Å². The molecule has 3 heteroatoms. The zero-order valence-electron chi connectivity index (χ0n) is 12.4. The summed E-state index contributed by atoms with van der Waals surface area (Å²) in [7, 11) is 4.49. The largest absolute Gasteiger partial charge is 0.312 e. The van der Waals surface area contributed by atoms with Gasteiger partial charge in [0, 0.05) is 18.6 Å². The number of hydrogen-bond donors (Lipinski definition) is 1. The molecule has 102 valence electrons. The zero-order chi connectivity index (χ0) is 12.9. The van der Waals surface area contributed by atoms with Crippen molar-refractivity contribution in [3.05, 3.63) is 0 Å². The Hall–Kier alpha value is -0.120. The summed E-state index contributed by atoms with van der Waals surface area (Å²) in [6.45, 7) is 12.8. The van der Waals surface area contributed by atoms with Crippen LogP contribution in [-0.4, -0.2) is 62.2 Å². The third kappa shape index (κ3) is 7.02. The van der Waals surface area contributed by atoms with Gasteiger partial charge in [0.15, 0.2) is 0 Å². The van der Waals surface area contributed by atoms with Gasteiger partial charge in [0.1, 0.15) is 0 Å². The molecular formula is C14H31N3. The second-order valence-corrected chi connectivity index (χ2v) is 6.71. The molecule has 1 heterocycles. The second-order valence-electron chi connectivity index (χ2n) is 6.71. The summed E-state index contributed by atoms with van der Waals surface area (Å²) in [4.78, 5) is 4.94. The lowest BCUT2D eigenvalue weighted by molar-refractivity contribution is 0.266. The number of nitrogens with zero attached hydrogens (tertiary/aromatic N) is 2. The van der Waals surface area contributed by atoms with Crippen molar-refractivity contribution in [2.24, 2.45) is 5.92 Å². The van der Waals surface area contributed by atoms with Crippen LogP contribution in [0.5, 0.6) is 0 Å². The third-order valence-corrected chi connectivity index (χ3v) is 3.43. The first kappa shape index (κ1) is 14.9. The molecule has 1 rings (SSSR count). The normalized spacial score (nSPS) is 22.6. The summed E-state index contributed by atoms with van der Waals surface area (Å²) < 4.78 is 0. The number of hydrogen-bond acceptors (Lipinski definition) is 3. The molecule has 0 radical (unpaired) electrons. The van der Waals surface area contributed by atoms with Gasteiger partial charge in [0.05, 0.1) is 0 Å². The Morgan fingerprint density at radius 3 is 2.59 bits per heavy atom. The molecule has 17 heavy (non-hydrogen) atoms. The highest BCUT2D eigenvalue weighted by molar-refractivity contribution is 4.75. The van der Waals surface area contributed by atoms with Gasteiger partial charge >= 0.3 is 0 Å². The first-order valence-corrected chi connectivity index (χ1v) is 6.99. The molecule has 1 atom stereocenters. The van der Waals surface area contributed by atoms with Gasteiger partial charge in [-0.15, -0.1) is 0 Å². The molecular weight excluding hydrogens is 210 g/mol. The molecule has 1 saturated heterocycles. The minimum absolute atomic E-state index is 0.257. The molecule has 1 aliphatic heterocycles. The van der Waals surface area contributed by atoms with Crippen LogP contribution in [0, 0.1) is 5.92 Å². The predicted octanol–water partition coefficient (Wildman–Crippen LogP) is 1.65. The van der Waals surface area contributed by atoms with E-state index in [4.69, 9.17) is 0 Å². The molecule has 1 unspecified atom stereocenters. The fraction of sp³-hybridized carbons (Fsp3) is 1.00. The molecule has 1 aliphatic rings. The molecule has 0 amide bonds. The maximum absolute atomic E-state index is 3.54. The minimum atomic E-state index is 0.257. The van der Waals surface area contributed by atoms with E-state index in [-0.39, 0.29) is 5.54 Å². The van der Waals surface area contributed by atoms with Crippen molar-refractivity contribution in [1.29, 1.82) is 0 Å². The Bertz CT molecular complexity index is 210. The molecule has 0 bridgehead atoms. The van der Waals surface area contributed by atoms with Gasteiger partial charge < -0.3 is 15.1 Å². The van der Waals surface area contributed by atoms with Crippen molar-refractivity contribution in [3.8, 4) is 0 Å². The maximum Gasteiger partial charge on any atom is 0.00965 e. The van der Waals surface area contributed by atoms with E-state index in [0.29, 0.717) is 0 Å². The molecule has 0 aliphatic carbocycles. The number of nitrogens with one attached hydrogen (secondary N) is 1. The lowest BCUT2D eigenvalue weighted by Crippen LogP contribution is -2.38. The van der Waals surface area contributed by atoms with Crippen LogP contribution in [0.25, 0.3) is 0 Å². The highest BCUT2D eigenvalue weighted by Crippen LogP contribution is 2.15. The monoisotopic (exact) mass is 241 g/mol. The van der Waals surface area contributed by atoms with Crippen LogP contribution in [-0.2, 0) is 0 Å². The van der Waals surface area contributed by atoms with E-state index in [1.807, 2.05) is 0 Å². The number of likely N-dealkylation sites (tertiary alicyclic amines) is 1. The first-order valence-electron chi connectivity index (χ1n) is 6.99. The van der Waals surface area contributed by atoms with Crippen LogP contribution in [0.4, 0.5) is 0 Å². The van der Waals surface area contributed by atoms with Crippen molar-refractivity contribution in [1.82, 2.24) is 15.1 Å². The second kappa shape index (κ2) is 6.72.